The van der Waals surface area contributed by atoms with Crippen LogP contribution in [-0.4, -0.2) is 32.4 Å². The summed E-state index contributed by atoms with van der Waals surface area (Å²) in [7, 11) is 0. The molecule has 3 saturated carbocycles. The number of carbonyl (C=O) groups is 1. The Hall–Kier alpha value is -1.23. The number of H-pyrrole nitrogens is 1. The second-order valence-corrected chi connectivity index (χ2v) is 9.22. The third kappa shape index (κ3) is 1.62. The van der Waals surface area contributed by atoms with E-state index in [9.17, 15) is 9.90 Å². The molecule has 5 nitrogen and oxygen atoms in total. The van der Waals surface area contributed by atoms with Crippen molar-refractivity contribution in [1.29, 1.82) is 0 Å². The van der Waals surface area contributed by atoms with Crippen LogP contribution < -0.4 is 0 Å². The molecule has 1 heterocycles. The van der Waals surface area contributed by atoms with Gasteiger partial charge in [-0.25, -0.2) is 0 Å². The first-order valence-corrected chi connectivity index (χ1v) is 9.58. The first kappa shape index (κ1) is 15.1. The lowest BCUT2D eigenvalue weighted by Crippen LogP contribution is -2.56. The van der Waals surface area contributed by atoms with Crippen molar-refractivity contribution in [3.8, 4) is 0 Å². The van der Waals surface area contributed by atoms with Crippen molar-refractivity contribution in [2.24, 2.45) is 29.1 Å². The average Bonchev–Trinajstić information content (AvgIpc) is 3.16. The highest BCUT2D eigenvalue weighted by molar-refractivity contribution is 5.97. The molecule has 0 saturated heterocycles. The van der Waals surface area contributed by atoms with Gasteiger partial charge in [0.15, 0.2) is 11.5 Å². The van der Waals surface area contributed by atoms with Gasteiger partial charge in [0.25, 0.3) is 0 Å². The van der Waals surface area contributed by atoms with Crippen molar-refractivity contribution < 1.29 is 9.90 Å². The quantitative estimate of drug-likeness (QED) is 0.767. The maximum atomic E-state index is 12.4. The van der Waals surface area contributed by atoms with Crippen LogP contribution in [0.2, 0.25) is 0 Å². The van der Waals surface area contributed by atoms with E-state index in [2.05, 4.69) is 29.3 Å². The molecule has 0 bridgehead atoms. The van der Waals surface area contributed by atoms with Crippen LogP contribution in [0.4, 0.5) is 0 Å². The maximum absolute atomic E-state index is 12.4. The minimum Gasteiger partial charge on any atom is -0.393 e. The monoisotopic (exact) mass is 329 g/mol. The van der Waals surface area contributed by atoms with Gasteiger partial charge in [-0.3, -0.25) is 4.79 Å². The van der Waals surface area contributed by atoms with Crippen LogP contribution in [-0.2, 0) is 5.41 Å². The zero-order chi connectivity index (χ0) is 16.7. The van der Waals surface area contributed by atoms with E-state index in [1.165, 1.54) is 6.42 Å². The van der Waals surface area contributed by atoms with E-state index >= 15 is 0 Å². The number of aromatic amines is 1. The van der Waals surface area contributed by atoms with E-state index in [4.69, 9.17) is 0 Å². The van der Waals surface area contributed by atoms with Gasteiger partial charge in [0.05, 0.1) is 11.8 Å². The third-order valence-corrected chi connectivity index (χ3v) is 8.61. The Kier molecular flexibility index (Phi) is 2.94. The number of ketones is 1. The summed E-state index contributed by atoms with van der Waals surface area (Å²) in [5.41, 5.74) is 1.59. The summed E-state index contributed by atoms with van der Waals surface area (Å²) < 4.78 is 0. The fourth-order valence-electron chi connectivity index (χ4n) is 7.21. The molecule has 0 amide bonds. The summed E-state index contributed by atoms with van der Waals surface area (Å²) in [6.07, 6.45) is 7.17. The average molecular weight is 329 g/mol. The van der Waals surface area contributed by atoms with Crippen molar-refractivity contribution in [2.75, 3.05) is 0 Å². The molecule has 0 aromatic carbocycles. The molecule has 0 aliphatic heterocycles. The molecule has 7 atom stereocenters. The maximum Gasteiger partial charge on any atom is 0.185 e. The first-order chi connectivity index (χ1) is 11.5. The SMILES string of the molecule is C[C@]12CC[C@H]3[C@@H](CC[C@H]4CC(=O)c5n[nH]nc5[C@@]43C)[C@@H]1CC[C@@H]2O. The summed E-state index contributed by atoms with van der Waals surface area (Å²) in [5.74, 6) is 2.41. The van der Waals surface area contributed by atoms with Crippen LogP contribution in [0, 0.1) is 29.1 Å². The van der Waals surface area contributed by atoms with Crippen molar-refractivity contribution in [1.82, 2.24) is 15.4 Å². The Balaban J connectivity index is 1.59. The predicted octanol–water partition coefficient (Wildman–Crippen LogP) is 2.86. The summed E-state index contributed by atoms with van der Waals surface area (Å²) in [6, 6.07) is 0. The van der Waals surface area contributed by atoms with Crippen LogP contribution in [0.25, 0.3) is 0 Å². The minimum absolute atomic E-state index is 0.0337. The van der Waals surface area contributed by atoms with Crippen LogP contribution in [0.15, 0.2) is 0 Å². The number of nitrogens with one attached hydrogen (secondary N) is 1. The van der Waals surface area contributed by atoms with E-state index in [-0.39, 0.29) is 22.7 Å². The lowest BCUT2D eigenvalue weighted by atomic mass is 9.45. The largest absolute Gasteiger partial charge is 0.393 e. The zero-order valence-electron chi connectivity index (χ0n) is 14.6. The number of aliphatic hydroxyl groups is 1. The summed E-state index contributed by atoms with van der Waals surface area (Å²) in [5, 5.41) is 21.9. The molecule has 3 fully saturated rings. The Labute approximate surface area is 142 Å². The minimum atomic E-state index is -0.135. The number of hydrogen-bond acceptors (Lipinski definition) is 4. The van der Waals surface area contributed by atoms with Gasteiger partial charge >= 0.3 is 0 Å². The molecule has 4 aliphatic carbocycles. The first-order valence-electron chi connectivity index (χ1n) is 9.58. The molecule has 0 radical (unpaired) electrons. The fourth-order valence-corrected chi connectivity index (χ4v) is 7.21. The lowest BCUT2D eigenvalue weighted by molar-refractivity contribution is -0.0837. The molecule has 0 spiro atoms. The Bertz CT molecular complexity index is 701. The standard InChI is InChI=1S/C19H27N3O2/c1-18-8-7-13-11(12(18)5-6-15(18)24)4-3-10-9-14(23)16-17(19(10,13)2)21-22-20-16/h10-13,15,24H,3-9H2,1-2H3,(H,20,21,22)/t10-,11-,12-,13-,15-,18-,19-/m0/s1. The highest BCUT2D eigenvalue weighted by Crippen LogP contribution is 2.65. The molecule has 0 unspecified atom stereocenters. The zero-order valence-corrected chi connectivity index (χ0v) is 14.6. The highest BCUT2D eigenvalue weighted by Gasteiger charge is 2.62. The number of nitrogens with zero attached hydrogens (tertiary/aromatic N) is 2. The van der Waals surface area contributed by atoms with Gasteiger partial charge in [-0.15, -0.1) is 0 Å². The number of aliphatic hydroxyl groups excluding tert-OH is 1. The van der Waals surface area contributed by atoms with Gasteiger partial charge in [-0.05, 0) is 67.6 Å². The summed E-state index contributed by atoms with van der Waals surface area (Å²) >= 11 is 0. The number of Topliss-reactive ketones (excluding diaryl/α,β-unsaturated/α-hetero) is 1. The van der Waals surface area contributed by atoms with E-state index in [0.717, 1.165) is 37.8 Å². The van der Waals surface area contributed by atoms with Gasteiger partial charge in [0.2, 0.25) is 0 Å². The molecular weight excluding hydrogens is 302 g/mol. The van der Waals surface area contributed by atoms with Crippen LogP contribution >= 0.6 is 0 Å². The Morgan fingerprint density at radius 3 is 2.75 bits per heavy atom. The van der Waals surface area contributed by atoms with Crippen LogP contribution in [0.5, 0.6) is 0 Å². The smallest absolute Gasteiger partial charge is 0.185 e. The molecular formula is C19H27N3O2. The summed E-state index contributed by atoms with van der Waals surface area (Å²) in [6.45, 7) is 4.65. The Morgan fingerprint density at radius 2 is 1.92 bits per heavy atom. The predicted molar refractivity (Wildman–Crippen MR) is 88.5 cm³/mol. The molecule has 5 heteroatoms. The van der Waals surface area contributed by atoms with Crippen molar-refractivity contribution >= 4 is 5.78 Å². The molecule has 24 heavy (non-hydrogen) atoms. The van der Waals surface area contributed by atoms with E-state index in [1.807, 2.05) is 0 Å². The third-order valence-electron chi connectivity index (χ3n) is 8.61. The Morgan fingerprint density at radius 1 is 1.08 bits per heavy atom. The van der Waals surface area contributed by atoms with Crippen LogP contribution in [0.1, 0.15) is 75.0 Å². The van der Waals surface area contributed by atoms with Gasteiger partial charge in [-0.2, -0.15) is 15.4 Å². The molecule has 1 aromatic rings. The van der Waals surface area contributed by atoms with Gasteiger partial charge < -0.3 is 5.11 Å². The van der Waals surface area contributed by atoms with Crippen molar-refractivity contribution in [3.05, 3.63) is 11.4 Å². The van der Waals surface area contributed by atoms with E-state index in [0.29, 0.717) is 35.8 Å². The number of carbonyl (C=O) groups excluding carboxylic acids is 1. The van der Waals surface area contributed by atoms with Gasteiger partial charge in [0, 0.05) is 11.8 Å². The number of hydrogen-bond donors (Lipinski definition) is 2. The molecule has 1 aromatic heterocycles. The number of rotatable bonds is 0. The van der Waals surface area contributed by atoms with Crippen molar-refractivity contribution in [2.45, 2.75) is 70.3 Å². The molecule has 2 N–H and O–H groups in total. The molecule has 5 rings (SSSR count). The van der Waals surface area contributed by atoms with E-state index in [1.54, 1.807) is 0 Å². The van der Waals surface area contributed by atoms with E-state index < -0.39 is 0 Å². The van der Waals surface area contributed by atoms with Crippen LogP contribution in [0.3, 0.4) is 0 Å². The van der Waals surface area contributed by atoms with Gasteiger partial charge in [0.1, 0.15) is 0 Å². The lowest BCUT2D eigenvalue weighted by Gasteiger charge is -2.58. The van der Waals surface area contributed by atoms with Crippen molar-refractivity contribution in [3.63, 3.8) is 0 Å². The number of fused-ring (bicyclic) bond motifs is 7. The molecule has 130 valence electrons. The fraction of sp³-hybridized carbons (Fsp3) is 0.842. The second kappa shape index (κ2) is 4.69. The molecule has 4 aliphatic rings. The summed E-state index contributed by atoms with van der Waals surface area (Å²) in [4.78, 5) is 12.4. The number of aromatic nitrogens is 3. The van der Waals surface area contributed by atoms with Gasteiger partial charge in [-0.1, -0.05) is 13.8 Å². The topological polar surface area (TPSA) is 78.9 Å². The highest BCUT2D eigenvalue weighted by atomic mass is 16.3. The normalized spacial score (nSPS) is 50.0. The second-order valence-electron chi connectivity index (χ2n) is 9.22.